The van der Waals surface area contributed by atoms with Crippen molar-refractivity contribution in [3.8, 4) is 0 Å². The largest absolute Gasteiger partial charge is 0.430 e. The summed E-state index contributed by atoms with van der Waals surface area (Å²) in [7, 11) is 0. The van der Waals surface area contributed by atoms with Gasteiger partial charge in [-0.15, -0.1) is 0 Å². The van der Waals surface area contributed by atoms with E-state index in [0.29, 0.717) is 0 Å². The molecule has 176 valence electrons. The standard InChI is InChI=1S/C10H4F18O/c11-3(12,1-5(15,16)17)7(21,22)9(25,26)29-10(27,28)8(23,24)4(13,14)2-6(18,19)20/h1-2H2. The van der Waals surface area contributed by atoms with Gasteiger partial charge in [-0.2, -0.15) is 79.0 Å². The van der Waals surface area contributed by atoms with Gasteiger partial charge in [-0.05, 0) is 0 Å². The van der Waals surface area contributed by atoms with E-state index in [0.717, 1.165) is 0 Å². The number of alkyl halides is 18. The Balaban J connectivity index is 6.01. The van der Waals surface area contributed by atoms with E-state index in [2.05, 4.69) is 0 Å². The lowest BCUT2D eigenvalue weighted by molar-refractivity contribution is -0.503. The highest BCUT2D eigenvalue weighted by Crippen LogP contribution is 2.56. The Hall–Kier alpha value is -1.30. The molecule has 0 spiro atoms. The van der Waals surface area contributed by atoms with Gasteiger partial charge in [-0.1, -0.05) is 0 Å². The summed E-state index contributed by atoms with van der Waals surface area (Å²) in [5, 5.41) is 0. The highest BCUT2D eigenvalue weighted by atomic mass is 19.4. The van der Waals surface area contributed by atoms with Gasteiger partial charge in [0.15, 0.2) is 0 Å². The van der Waals surface area contributed by atoms with Gasteiger partial charge >= 0.3 is 48.3 Å². The van der Waals surface area contributed by atoms with E-state index < -0.39 is 61.1 Å². The van der Waals surface area contributed by atoms with Gasteiger partial charge in [-0.3, -0.25) is 0 Å². The Morgan fingerprint density at radius 1 is 0.379 bits per heavy atom. The number of ether oxygens (including phenoxy) is 1. The van der Waals surface area contributed by atoms with Gasteiger partial charge in [-0.25, -0.2) is 4.74 Å². The fourth-order valence-corrected chi connectivity index (χ4v) is 1.44. The Morgan fingerprint density at radius 2 is 0.586 bits per heavy atom. The molecule has 0 bridgehead atoms. The Morgan fingerprint density at radius 3 is 0.759 bits per heavy atom. The van der Waals surface area contributed by atoms with Gasteiger partial charge in [0.1, 0.15) is 12.8 Å². The van der Waals surface area contributed by atoms with E-state index in [4.69, 9.17) is 0 Å². The maximum atomic E-state index is 12.9. The van der Waals surface area contributed by atoms with Gasteiger partial charge < -0.3 is 0 Å². The van der Waals surface area contributed by atoms with Gasteiger partial charge in [0.05, 0.1) is 0 Å². The lowest BCUT2D eigenvalue weighted by Crippen LogP contribution is -2.63. The van der Waals surface area contributed by atoms with Crippen molar-refractivity contribution in [3.05, 3.63) is 0 Å². The van der Waals surface area contributed by atoms with Crippen molar-refractivity contribution in [2.75, 3.05) is 0 Å². The number of rotatable bonds is 8. The number of hydrogen-bond acceptors (Lipinski definition) is 1. The summed E-state index contributed by atoms with van der Waals surface area (Å²) < 4.78 is 226. The third-order valence-electron chi connectivity index (χ3n) is 2.75. The summed E-state index contributed by atoms with van der Waals surface area (Å²) in [5.41, 5.74) is 0. The van der Waals surface area contributed by atoms with Crippen molar-refractivity contribution in [1.29, 1.82) is 0 Å². The van der Waals surface area contributed by atoms with E-state index in [9.17, 15) is 79.0 Å². The van der Waals surface area contributed by atoms with Crippen molar-refractivity contribution in [3.63, 3.8) is 0 Å². The minimum Gasteiger partial charge on any atom is -0.245 e. The Labute approximate surface area is 146 Å². The molecule has 19 heteroatoms. The molecule has 0 heterocycles. The topological polar surface area (TPSA) is 9.23 Å². The van der Waals surface area contributed by atoms with Crippen LogP contribution in [0.15, 0.2) is 0 Å². The minimum atomic E-state index is -7.69. The fourth-order valence-electron chi connectivity index (χ4n) is 1.44. The molecular weight excluding hydrogens is 478 g/mol. The quantitative estimate of drug-likeness (QED) is 0.353. The normalized spacial score (nSPS) is 16.3. The molecule has 0 unspecified atom stereocenters. The zero-order chi connectivity index (χ0) is 24.1. The van der Waals surface area contributed by atoms with Gasteiger partial charge in [0, 0.05) is 0 Å². The SMILES string of the molecule is FC(F)(F)CC(F)(F)C(F)(F)C(F)(F)OC(F)(F)C(F)(F)C(F)(F)CC(F)(F)F. The van der Waals surface area contributed by atoms with Gasteiger partial charge in [0.25, 0.3) is 0 Å². The van der Waals surface area contributed by atoms with Crippen LogP contribution in [0.1, 0.15) is 12.8 Å². The second-order valence-corrected chi connectivity index (χ2v) is 5.28. The first-order valence-electron chi connectivity index (χ1n) is 6.22. The molecule has 0 fully saturated rings. The second-order valence-electron chi connectivity index (χ2n) is 5.28. The molecule has 29 heavy (non-hydrogen) atoms. The fraction of sp³-hybridized carbons (Fsp3) is 1.00. The highest BCUT2D eigenvalue weighted by Gasteiger charge is 2.82. The molecule has 0 atom stereocenters. The van der Waals surface area contributed by atoms with Gasteiger partial charge in [0.2, 0.25) is 0 Å². The van der Waals surface area contributed by atoms with E-state index >= 15 is 0 Å². The molecule has 0 radical (unpaired) electrons. The minimum absolute atomic E-state index is 1.30. The van der Waals surface area contributed by atoms with Crippen LogP contribution in [0.2, 0.25) is 0 Å². The number of hydrogen-bond donors (Lipinski definition) is 0. The van der Waals surface area contributed by atoms with Crippen LogP contribution >= 0.6 is 0 Å². The Bertz CT molecular complexity index is 518. The average molecular weight is 482 g/mol. The smallest absolute Gasteiger partial charge is 0.245 e. The molecule has 0 aliphatic carbocycles. The summed E-state index contributed by atoms with van der Waals surface area (Å²) in [4.78, 5) is 0. The van der Waals surface area contributed by atoms with Crippen LogP contribution in [0.25, 0.3) is 0 Å². The summed E-state index contributed by atoms with van der Waals surface area (Å²) in [6.07, 6.45) is -36.3. The van der Waals surface area contributed by atoms with E-state index in [1.165, 1.54) is 4.74 Å². The van der Waals surface area contributed by atoms with Crippen molar-refractivity contribution >= 4 is 0 Å². The number of halogens is 18. The average Bonchev–Trinajstić information content (AvgIpc) is 2.30. The van der Waals surface area contributed by atoms with Crippen LogP contribution in [0.4, 0.5) is 79.0 Å². The van der Waals surface area contributed by atoms with Crippen LogP contribution < -0.4 is 0 Å². The Kier molecular flexibility index (Phi) is 6.82. The maximum Gasteiger partial charge on any atom is 0.430 e. The molecule has 0 aromatic rings. The van der Waals surface area contributed by atoms with Crippen LogP contribution in [0, 0.1) is 0 Å². The molecule has 0 saturated heterocycles. The van der Waals surface area contributed by atoms with Crippen LogP contribution in [-0.2, 0) is 4.74 Å². The predicted octanol–water partition coefficient (Wildman–Crippen LogP) is 6.63. The van der Waals surface area contributed by atoms with E-state index in [1.54, 1.807) is 0 Å². The van der Waals surface area contributed by atoms with Crippen LogP contribution in [-0.4, -0.2) is 48.3 Å². The highest BCUT2D eigenvalue weighted by molar-refractivity contribution is 4.98. The first-order valence-corrected chi connectivity index (χ1v) is 6.22. The zero-order valence-corrected chi connectivity index (χ0v) is 12.6. The van der Waals surface area contributed by atoms with E-state index in [-0.39, 0.29) is 0 Å². The van der Waals surface area contributed by atoms with Crippen LogP contribution in [0.5, 0.6) is 0 Å². The molecule has 0 aliphatic heterocycles. The lowest BCUT2D eigenvalue weighted by atomic mass is 10.1. The third kappa shape index (κ3) is 5.87. The molecule has 0 N–H and O–H groups in total. The van der Waals surface area contributed by atoms with Crippen LogP contribution in [0.3, 0.4) is 0 Å². The lowest BCUT2D eigenvalue weighted by Gasteiger charge is -2.37. The third-order valence-corrected chi connectivity index (χ3v) is 2.75. The van der Waals surface area contributed by atoms with E-state index in [1.807, 2.05) is 0 Å². The first-order chi connectivity index (χ1) is 12.1. The van der Waals surface area contributed by atoms with Crippen molar-refractivity contribution in [2.24, 2.45) is 0 Å². The van der Waals surface area contributed by atoms with Crippen molar-refractivity contribution in [2.45, 2.75) is 61.1 Å². The van der Waals surface area contributed by atoms with Crippen molar-refractivity contribution in [1.82, 2.24) is 0 Å². The first kappa shape index (κ1) is 27.7. The molecule has 1 nitrogen and oxygen atoms in total. The molecule has 0 aliphatic rings. The summed E-state index contributed by atoms with van der Waals surface area (Å²) in [5.74, 6) is -29.3. The zero-order valence-electron chi connectivity index (χ0n) is 12.6. The molecular formula is C10H4F18O. The molecule has 0 aromatic carbocycles. The second kappa shape index (κ2) is 7.14. The molecule has 0 rings (SSSR count). The van der Waals surface area contributed by atoms with Crippen molar-refractivity contribution < 1.29 is 83.8 Å². The summed E-state index contributed by atoms with van der Waals surface area (Å²) in [6, 6.07) is 0. The maximum absolute atomic E-state index is 12.9. The molecule has 0 saturated carbocycles. The molecule has 0 aromatic heterocycles. The molecule has 0 amide bonds. The summed E-state index contributed by atoms with van der Waals surface area (Å²) in [6.45, 7) is 0. The predicted molar refractivity (Wildman–Crippen MR) is 52.1 cm³/mol. The monoisotopic (exact) mass is 482 g/mol. The summed E-state index contributed by atoms with van der Waals surface area (Å²) >= 11 is 0.